The molecule has 0 saturated carbocycles. The van der Waals surface area contributed by atoms with Gasteiger partial charge in [0, 0.05) is 30.7 Å². The maximum absolute atomic E-state index is 13.4. The number of benzene rings is 2. The molecule has 0 fully saturated rings. The Labute approximate surface area is 158 Å². The van der Waals surface area contributed by atoms with Crippen LogP contribution in [0, 0.1) is 19.7 Å². The van der Waals surface area contributed by atoms with Crippen molar-refractivity contribution in [1.82, 2.24) is 9.47 Å². The lowest BCUT2D eigenvalue weighted by atomic mass is 10.00. The quantitative estimate of drug-likeness (QED) is 0.692. The molecule has 0 saturated heterocycles. The number of aryl methyl sites for hydroxylation is 2. The molecule has 1 aromatic heterocycles. The lowest BCUT2D eigenvalue weighted by molar-refractivity contribution is 0.182. The monoisotopic (exact) mass is 363 g/mol. The Hall–Kier alpha value is -3.08. The molecule has 1 atom stereocenters. The number of carbonyl (C=O) groups excluding carboxylic acids is 1. The first-order valence-corrected chi connectivity index (χ1v) is 9.08. The molecule has 2 amide bonds. The van der Waals surface area contributed by atoms with Gasteiger partial charge in [0.15, 0.2) is 0 Å². The average Bonchev–Trinajstić information content (AvgIpc) is 3.13. The fourth-order valence-corrected chi connectivity index (χ4v) is 3.61. The lowest BCUT2D eigenvalue weighted by Crippen LogP contribution is -2.44. The van der Waals surface area contributed by atoms with E-state index in [4.69, 9.17) is 0 Å². The van der Waals surface area contributed by atoms with E-state index in [-0.39, 0.29) is 17.9 Å². The largest absolute Gasteiger partial charge is 0.348 e. The highest BCUT2D eigenvalue weighted by Crippen LogP contribution is 2.33. The van der Waals surface area contributed by atoms with Gasteiger partial charge in [-0.3, -0.25) is 0 Å². The van der Waals surface area contributed by atoms with E-state index in [1.807, 2.05) is 55.3 Å². The fourth-order valence-electron chi connectivity index (χ4n) is 3.61. The number of halogens is 1. The van der Waals surface area contributed by atoms with Crippen LogP contribution in [0.4, 0.5) is 14.9 Å². The molecular weight excluding hydrogens is 341 g/mol. The van der Waals surface area contributed by atoms with Crippen molar-refractivity contribution in [3.63, 3.8) is 0 Å². The lowest BCUT2D eigenvalue weighted by Gasteiger charge is -2.37. The fraction of sp³-hybridized carbons (Fsp3) is 0.227. The van der Waals surface area contributed by atoms with E-state index in [0.29, 0.717) is 6.54 Å². The molecule has 1 aliphatic heterocycles. The summed E-state index contributed by atoms with van der Waals surface area (Å²) in [6, 6.07) is 15.9. The Morgan fingerprint density at radius 1 is 1.04 bits per heavy atom. The summed E-state index contributed by atoms with van der Waals surface area (Å²) in [6.07, 6.45) is 2.02. The highest BCUT2D eigenvalue weighted by Gasteiger charge is 2.32. The smallest absolute Gasteiger partial charge is 0.322 e. The summed E-state index contributed by atoms with van der Waals surface area (Å²) in [6.45, 7) is 5.39. The Kier molecular flexibility index (Phi) is 4.44. The second-order valence-electron chi connectivity index (χ2n) is 7.00. The third kappa shape index (κ3) is 3.33. The molecule has 4 nitrogen and oxygen atoms in total. The third-order valence-electron chi connectivity index (χ3n) is 5.24. The van der Waals surface area contributed by atoms with Gasteiger partial charge in [-0.05, 0) is 66.9 Å². The van der Waals surface area contributed by atoms with Crippen molar-refractivity contribution in [2.75, 3.05) is 11.9 Å². The molecule has 0 spiro atoms. The summed E-state index contributed by atoms with van der Waals surface area (Å²) >= 11 is 0. The summed E-state index contributed by atoms with van der Waals surface area (Å²) in [5, 5.41) is 3.02. The van der Waals surface area contributed by atoms with Crippen LogP contribution in [-0.2, 0) is 6.54 Å². The van der Waals surface area contributed by atoms with Crippen LogP contribution in [0.2, 0.25) is 0 Å². The van der Waals surface area contributed by atoms with Crippen LogP contribution in [0.5, 0.6) is 0 Å². The molecule has 0 bridgehead atoms. The number of urea groups is 1. The van der Waals surface area contributed by atoms with Crippen LogP contribution in [0.15, 0.2) is 60.8 Å². The van der Waals surface area contributed by atoms with E-state index in [1.165, 1.54) is 17.7 Å². The minimum Gasteiger partial charge on any atom is -0.348 e. The Morgan fingerprint density at radius 2 is 1.81 bits per heavy atom. The number of amides is 2. The Bertz CT molecular complexity index is 977. The first kappa shape index (κ1) is 17.3. The average molecular weight is 363 g/mol. The number of aromatic nitrogens is 1. The topological polar surface area (TPSA) is 37.3 Å². The van der Waals surface area contributed by atoms with Gasteiger partial charge in [0.05, 0.1) is 6.04 Å². The van der Waals surface area contributed by atoms with E-state index in [0.717, 1.165) is 29.1 Å². The van der Waals surface area contributed by atoms with Crippen LogP contribution in [-0.4, -0.2) is 22.0 Å². The number of hydrogen-bond acceptors (Lipinski definition) is 1. The standard InChI is InChI=1S/C22H22FN3O/c1-15-5-10-19(14-16(15)2)24-22(27)26-13-12-25-11-3-4-20(25)21(26)17-6-8-18(23)9-7-17/h3-11,14,21H,12-13H2,1-2H3,(H,24,27)/t21-/m1/s1. The number of carbonyl (C=O) groups is 1. The van der Waals surface area contributed by atoms with Crippen molar-refractivity contribution in [2.24, 2.45) is 0 Å². The SMILES string of the molecule is Cc1ccc(NC(=O)N2CCn3cccc3[C@H]2c2ccc(F)cc2)cc1C. The molecule has 27 heavy (non-hydrogen) atoms. The first-order valence-electron chi connectivity index (χ1n) is 9.08. The van der Waals surface area contributed by atoms with Gasteiger partial charge in [0.25, 0.3) is 0 Å². The van der Waals surface area contributed by atoms with Crippen molar-refractivity contribution in [3.05, 3.63) is 89.0 Å². The van der Waals surface area contributed by atoms with Crippen molar-refractivity contribution >= 4 is 11.7 Å². The molecule has 1 N–H and O–H groups in total. The van der Waals surface area contributed by atoms with Gasteiger partial charge in [-0.15, -0.1) is 0 Å². The van der Waals surface area contributed by atoms with Gasteiger partial charge in [0.2, 0.25) is 0 Å². The number of anilines is 1. The zero-order valence-corrected chi connectivity index (χ0v) is 15.4. The minimum absolute atomic E-state index is 0.153. The molecule has 2 heterocycles. The molecule has 0 unspecified atom stereocenters. The number of hydrogen-bond donors (Lipinski definition) is 1. The second kappa shape index (κ2) is 6.91. The van der Waals surface area contributed by atoms with E-state index in [2.05, 4.69) is 9.88 Å². The van der Waals surface area contributed by atoms with Gasteiger partial charge in [-0.2, -0.15) is 0 Å². The number of nitrogens with one attached hydrogen (secondary N) is 1. The summed E-state index contributed by atoms with van der Waals surface area (Å²) in [5.74, 6) is -0.281. The number of nitrogens with zero attached hydrogens (tertiary/aromatic N) is 2. The maximum atomic E-state index is 13.4. The predicted molar refractivity (Wildman–Crippen MR) is 104 cm³/mol. The van der Waals surface area contributed by atoms with E-state index in [1.54, 1.807) is 12.1 Å². The summed E-state index contributed by atoms with van der Waals surface area (Å²) < 4.78 is 15.6. The maximum Gasteiger partial charge on any atom is 0.322 e. The van der Waals surface area contributed by atoms with Gasteiger partial charge in [-0.1, -0.05) is 18.2 Å². The van der Waals surface area contributed by atoms with Gasteiger partial charge < -0.3 is 14.8 Å². The molecule has 138 valence electrons. The second-order valence-corrected chi connectivity index (χ2v) is 7.00. The van der Waals surface area contributed by atoms with Crippen LogP contribution < -0.4 is 5.32 Å². The number of rotatable bonds is 2. The van der Waals surface area contributed by atoms with E-state index < -0.39 is 0 Å². The van der Waals surface area contributed by atoms with Crippen molar-refractivity contribution in [3.8, 4) is 0 Å². The summed E-state index contributed by atoms with van der Waals surface area (Å²) in [5.41, 5.74) is 5.03. The first-order chi connectivity index (χ1) is 13.0. The molecule has 0 radical (unpaired) electrons. The van der Waals surface area contributed by atoms with Crippen LogP contribution in [0.25, 0.3) is 0 Å². The highest BCUT2D eigenvalue weighted by molar-refractivity contribution is 5.90. The summed E-state index contributed by atoms with van der Waals surface area (Å²) in [4.78, 5) is 14.9. The zero-order chi connectivity index (χ0) is 19.0. The normalized spacial score (nSPS) is 16.1. The van der Waals surface area contributed by atoms with Crippen LogP contribution in [0.1, 0.15) is 28.4 Å². The molecule has 0 aliphatic carbocycles. The Morgan fingerprint density at radius 3 is 2.56 bits per heavy atom. The molecule has 1 aliphatic rings. The van der Waals surface area contributed by atoms with Crippen LogP contribution >= 0.6 is 0 Å². The van der Waals surface area contributed by atoms with Gasteiger partial charge in [-0.25, -0.2) is 9.18 Å². The zero-order valence-electron chi connectivity index (χ0n) is 15.4. The van der Waals surface area contributed by atoms with Crippen molar-refractivity contribution < 1.29 is 9.18 Å². The van der Waals surface area contributed by atoms with Gasteiger partial charge in [0.1, 0.15) is 5.82 Å². The molecule has 2 aromatic carbocycles. The highest BCUT2D eigenvalue weighted by atomic mass is 19.1. The summed E-state index contributed by atoms with van der Waals surface area (Å²) in [7, 11) is 0. The molecule has 4 rings (SSSR count). The minimum atomic E-state index is -0.281. The third-order valence-corrected chi connectivity index (χ3v) is 5.24. The van der Waals surface area contributed by atoms with Gasteiger partial charge >= 0.3 is 6.03 Å². The van der Waals surface area contributed by atoms with E-state index >= 15 is 0 Å². The van der Waals surface area contributed by atoms with Crippen molar-refractivity contribution in [1.29, 1.82) is 0 Å². The molecule has 3 aromatic rings. The van der Waals surface area contributed by atoms with Crippen LogP contribution in [0.3, 0.4) is 0 Å². The molecule has 5 heteroatoms. The number of fused-ring (bicyclic) bond motifs is 1. The van der Waals surface area contributed by atoms with Crippen molar-refractivity contribution in [2.45, 2.75) is 26.4 Å². The molecular formula is C22H22FN3O. The Balaban J connectivity index is 1.66. The van der Waals surface area contributed by atoms with E-state index in [9.17, 15) is 9.18 Å². The predicted octanol–water partition coefficient (Wildman–Crippen LogP) is 4.88.